The third kappa shape index (κ3) is 2.29. The number of aromatic nitrogens is 2. The first kappa shape index (κ1) is 12.0. The highest BCUT2D eigenvalue weighted by atomic mass is 32.1. The van der Waals surface area contributed by atoms with Gasteiger partial charge in [-0.3, -0.25) is 4.68 Å². The molecule has 17 heavy (non-hydrogen) atoms. The average molecular weight is 252 g/mol. The number of nitrogens with zero attached hydrogens (tertiary/aromatic N) is 2. The zero-order valence-electron chi connectivity index (χ0n) is 9.64. The molecule has 0 amide bonds. The monoisotopic (exact) mass is 252 g/mol. The van der Waals surface area contributed by atoms with Crippen LogP contribution in [0.15, 0.2) is 24.3 Å². The van der Waals surface area contributed by atoms with Gasteiger partial charge in [-0.05, 0) is 24.3 Å². The van der Waals surface area contributed by atoms with Crippen LogP contribution in [0.25, 0.3) is 11.3 Å². The molecule has 0 spiro atoms. The van der Waals surface area contributed by atoms with Crippen LogP contribution >= 0.6 is 12.6 Å². The zero-order valence-corrected chi connectivity index (χ0v) is 10.5. The standard InChI is InChI=1S/C12H13FN2OS/c1-15-11(6-9(7-17)14-15)8-3-4-12(16-2)10(13)5-8/h3-6,17H,7H2,1-2H3. The number of hydrogen-bond acceptors (Lipinski definition) is 3. The summed E-state index contributed by atoms with van der Waals surface area (Å²) in [6.45, 7) is 0. The molecule has 90 valence electrons. The molecule has 1 heterocycles. The molecule has 0 aliphatic rings. The van der Waals surface area contributed by atoms with Crippen LogP contribution in [0.1, 0.15) is 5.69 Å². The maximum atomic E-state index is 13.6. The van der Waals surface area contributed by atoms with E-state index >= 15 is 0 Å². The Bertz CT molecular complexity index is 539. The van der Waals surface area contributed by atoms with Crippen molar-refractivity contribution in [2.24, 2.45) is 7.05 Å². The van der Waals surface area contributed by atoms with E-state index in [2.05, 4.69) is 17.7 Å². The van der Waals surface area contributed by atoms with Crippen molar-refractivity contribution < 1.29 is 9.13 Å². The minimum atomic E-state index is -0.376. The lowest BCUT2D eigenvalue weighted by Gasteiger charge is -2.05. The Balaban J connectivity index is 2.45. The topological polar surface area (TPSA) is 27.1 Å². The van der Waals surface area contributed by atoms with Crippen molar-refractivity contribution in [2.45, 2.75) is 5.75 Å². The van der Waals surface area contributed by atoms with Gasteiger partial charge in [0.25, 0.3) is 0 Å². The molecule has 1 aromatic heterocycles. The van der Waals surface area contributed by atoms with Gasteiger partial charge >= 0.3 is 0 Å². The molecular weight excluding hydrogens is 239 g/mol. The summed E-state index contributed by atoms with van der Waals surface area (Å²) in [6.07, 6.45) is 0. The second-order valence-electron chi connectivity index (χ2n) is 3.65. The molecule has 5 heteroatoms. The van der Waals surface area contributed by atoms with E-state index < -0.39 is 0 Å². The predicted molar refractivity (Wildman–Crippen MR) is 67.8 cm³/mol. The number of hydrogen-bond donors (Lipinski definition) is 1. The Labute approximate surface area is 105 Å². The van der Waals surface area contributed by atoms with Crippen LogP contribution in [-0.4, -0.2) is 16.9 Å². The summed E-state index contributed by atoms with van der Waals surface area (Å²) in [5.41, 5.74) is 2.49. The van der Waals surface area contributed by atoms with Crippen LogP contribution in [0.4, 0.5) is 4.39 Å². The Morgan fingerprint density at radius 1 is 1.41 bits per heavy atom. The summed E-state index contributed by atoms with van der Waals surface area (Å²) in [5, 5.41) is 4.26. The minimum absolute atomic E-state index is 0.241. The van der Waals surface area contributed by atoms with E-state index in [1.165, 1.54) is 13.2 Å². The van der Waals surface area contributed by atoms with Gasteiger partial charge in [0.05, 0.1) is 18.5 Å². The van der Waals surface area contributed by atoms with E-state index in [1.54, 1.807) is 16.8 Å². The highest BCUT2D eigenvalue weighted by Gasteiger charge is 2.09. The van der Waals surface area contributed by atoms with Crippen LogP contribution in [0.2, 0.25) is 0 Å². The number of aryl methyl sites for hydroxylation is 1. The van der Waals surface area contributed by atoms with Crippen molar-refractivity contribution in [1.29, 1.82) is 0 Å². The molecule has 0 unspecified atom stereocenters. The number of halogens is 1. The number of methoxy groups -OCH3 is 1. The normalized spacial score (nSPS) is 10.6. The van der Waals surface area contributed by atoms with Crippen molar-refractivity contribution in [2.75, 3.05) is 7.11 Å². The Morgan fingerprint density at radius 3 is 2.71 bits per heavy atom. The fourth-order valence-electron chi connectivity index (χ4n) is 1.70. The van der Waals surface area contributed by atoms with E-state index in [9.17, 15) is 4.39 Å². The van der Waals surface area contributed by atoms with Gasteiger partial charge in [0.1, 0.15) is 0 Å². The average Bonchev–Trinajstić information content (AvgIpc) is 2.70. The molecule has 0 atom stereocenters. The second kappa shape index (κ2) is 4.79. The first-order valence-electron chi connectivity index (χ1n) is 5.13. The molecule has 0 aliphatic heterocycles. The van der Waals surface area contributed by atoms with Crippen molar-refractivity contribution in [1.82, 2.24) is 9.78 Å². The Kier molecular flexibility index (Phi) is 3.38. The first-order chi connectivity index (χ1) is 8.15. The Hall–Kier alpha value is -1.49. The molecule has 0 radical (unpaired) electrons. The fourth-order valence-corrected chi connectivity index (χ4v) is 1.85. The largest absolute Gasteiger partial charge is 0.494 e. The molecule has 0 saturated carbocycles. The summed E-state index contributed by atoms with van der Waals surface area (Å²) in [6, 6.07) is 6.76. The van der Waals surface area contributed by atoms with E-state index in [-0.39, 0.29) is 11.6 Å². The summed E-state index contributed by atoms with van der Waals surface area (Å²) >= 11 is 4.16. The molecule has 0 fully saturated rings. The molecule has 0 N–H and O–H groups in total. The fraction of sp³-hybridized carbons (Fsp3) is 0.250. The maximum Gasteiger partial charge on any atom is 0.165 e. The van der Waals surface area contributed by atoms with Gasteiger partial charge in [-0.15, -0.1) is 0 Å². The van der Waals surface area contributed by atoms with Crippen LogP contribution in [-0.2, 0) is 12.8 Å². The molecule has 0 saturated heterocycles. The van der Waals surface area contributed by atoms with E-state index in [0.717, 1.165) is 17.0 Å². The highest BCUT2D eigenvalue weighted by Crippen LogP contribution is 2.25. The summed E-state index contributed by atoms with van der Waals surface area (Å²) in [5.74, 6) is 0.427. The van der Waals surface area contributed by atoms with E-state index in [1.807, 2.05) is 13.1 Å². The van der Waals surface area contributed by atoms with Crippen LogP contribution in [0.3, 0.4) is 0 Å². The molecule has 2 aromatic rings. The molecular formula is C12H13FN2OS. The van der Waals surface area contributed by atoms with Gasteiger partial charge in [-0.2, -0.15) is 17.7 Å². The van der Waals surface area contributed by atoms with Crippen molar-refractivity contribution in [3.8, 4) is 17.0 Å². The number of ether oxygens (including phenoxy) is 1. The van der Waals surface area contributed by atoms with Gasteiger partial charge < -0.3 is 4.74 Å². The lowest BCUT2D eigenvalue weighted by molar-refractivity contribution is 0.386. The molecule has 3 nitrogen and oxygen atoms in total. The van der Waals surface area contributed by atoms with E-state index in [4.69, 9.17) is 4.74 Å². The Morgan fingerprint density at radius 2 is 2.18 bits per heavy atom. The van der Waals surface area contributed by atoms with Crippen molar-refractivity contribution in [3.63, 3.8) is 0 Å². The minimum Gasteiger partial charge on any atom is -0.494 e. The lowest BCUT2D eigenvalue weighted by atomic mass is 10.1. The van der Waals surface area contributed by atoms with Crippen molar-refractivity contribution >= 4 is 12.6 Å². The van der Waals surface area contributed by atoms with Gasteiger partial charge in [-0.25, -0.2) is 4.39 Å². The summed E-state index contributed by atoms with van der Waals surface area (Å²) in [4.78, 5) is 0. The highest BCUT2D eigenvalue weighted by molar-refractivity contribution is 7.79. The molecule has 2 rings (SSSR count). The zero-order chi connectivity index (χ0) is 12.4. The number of rotatable bonds is 3. The van der Waals surface area contributed by atoms with E-state index in [0.29, 0.717) is 5.75 Å². The predicted octanol–water partition coefficient (Wildman–Crippen LogP) is 2.66. The van der Waals surface area contributed by atoms with Gasteiger partial charge in [0.15, 0.2) is 11.6 Å². The quantitative estimate of drug-likeness (QED) is 0.850. The molecule has 1 aromatic carbocycles. The van der Waals surface area contributed by atoms with Crippen LogP contribution < -0.4 is 4.74 Å². The lowest BCUT2D eigenvalue weighted by Crippen LogP contribution is -1.95. The molecule has 0 aliphatic carbocycles. The molecule has 0 bridgehead atoms. The summed E-state index contributed by atoms with van der Waals surface area (Å²) in [7, 11) is 3.27. The summed E-state index contributed by atoms with van der Waals surface area (Å²) < 4.78 is 20.2. The van der Waals surface area contributed by atoms with Crippen LogP contribution in [0.5, 0.6) is 5.75 Å². The van der Waals surface area contributed by atoms with Gasteiger partial charge in [0, 0.05) is 18.4 Å². The maximum absolute atomic E-state index is 13.6. The smallest absolute Gasteiger partial charge is 0.165 e. The first-order valence-corrected chi connectivity index (χ1v) is 5.76. The number of thiol groups is 1. The van der Waals surface area contributed by atoms with Gasteiger partial charge in [-0.1, -0.05) is 0 Å². The SMILES string of the molecule is COc1ccc(-c2cc(CS)nn2C)cc1F. The number of benzene rings is 1. The third-order valence-corrected chi connectivity index (χ3v) is 2.86. The van der Waals surface area contributed by atoms with Crippen molar-refractivity contribution in [3.05, 3.63) is 35.8 Å². The van der Waals surface area contributed by atoms with Crippen LogP contribution in [0, 0.1) is 5.82 Å². The van der Waals surface area contributed by atoms with Gasteiger partial charge in [0.2, 0.25) is 0 Å². The third-order valence-electron chi connectivity index (χ3n) is 2.54. The second-order valence-corrected chi connectivity index (χ2v) is 3.97.